The Kier molecular flexibility index (Phi) is 5.07. The fraction of sp³-hybridized carbons (Fsp3) is 0.412. The maximum absolute atomic E-state index is 12.2. The van der Waals surface area contributed by atoms with Crippen LogP contribution in [-0.4, -0.2) is 64.9 Å². The van der Waals surface area contributed by atoms with Gasteiger partial charge in [-0.05, 0) is 37.1 Å². The first-order chi connectivity index (χ1) is 12.7. The summed E-state index contributed by atoms with van der Waals surface area (Å²) in [6.07, 6.45) is -4.68. The van der Waals surface area contributed by atoms with E-state index >= 15 is 0 Å². The topological polar surface area (TPSA) is 162 Å². The molecule has 0 unspecified atom stereocenters. The Labute approximate surface area is 152 Å². The van der Waals surface area contributed by atoms with Gasteiger partial charge < -0.3 is 25.0 Å². The van der Waals surface area contributed by atoms with Gasteiger partial charge in [0.05, 0.1) is 24.2 Å². The lowest BCUT2D eigenvalue weighted by atomic mass is 10.1. The molecule has 1 aromatic carbocycles. The predicted molar refractivity (Wildman–Crippen MR) is 95.6 cm³/mol. The maximum Gasteiger partial charge on any atom is 0.349 e. The van der Waals surface area contributed by atoms with E-state index in [1.54, 1.807) is 12.1 Å². The number of hydrogen-bond donors (Lipinski definition) is 5. The largest absolute Gasteiger partial charge is 0.394 e. The summed E-state index contributed by atoms with van der Waals surface area (Å²) < 4.78 is 1.40. The molecule has 10 heteroatoms. The van der Waals surface area contributed by atoms with Crippen LogP contribution in [0.2, 0.25) is 0 Å². The molecule has 0 saturated carbocycles. The van der Waals surface area contributed by atoms with Gasteiger partial charge in [-0.2, -0.15) is 4.98 Å². The number of aliphatic hydroxyl groups is 4. The summed E-state index contributed by atoms with van der Waals surface area (Å²) in [4.78, 5) is 34.0. The van der Waals surface area contributed by atoms with Gasteiger partial charge in [0.2, 0.25) is 0 Å². The fourth-order valence-corrected chi connectivity index (χ4v) is 2.89. The average molecular weight is 384 g/mol. The number of aromatic amines is 1. The van der Waals surface area contributed by atoms with E-state index in [-0.39, 0.29) is 18.1 Å². The monoisotopic (exact) mass is 384 g/mol. The molecule has 0 aromatic heterocycles. The number of nitrogens with one attached hydrogen (secondary N) is 1. The number of benzene rings is 1. The molecular formula is C17H20N4O6. The van der Waals surface area contributed by atoms with Crippen molar-refractivity contribution < 1.29 is 20.4 Å². The average Bonchev–Trinajstić information content (AvgIpc) is 2.62. The van der Waals surface area contributed by atoms with Crippen LogP contribution >= 0.6 is 0 Å². The molecule has 3 atom stereocenters. The lowest BCUT2D eigenvalue weighted by Gasteiger charge is -2.25. The van der Waals surface area contributed by atoms with Crippen molar-refractivity contribution in [2.75, 3.05) is 6.61 Å². The number of aliphatic hydroxyl groups excluding tert-OH is 4. The molecule has 5 N–H and O–H groups in total. The van der Waals surface area contributed by atoms with Crippen LogP contribution in [-0.2, 0) is 6.54 Å². The quantitative estimate of drug-likeness (QED) is 0.256. The Hall–Kier alpha value is -2.66. The van der Waals surface area contributed by atoms with E-state index in [0.29, 0.717) is 11.0 Å². The standard InChI is InChI=1S/C17H20N4O6/c1-7-3-9-10(4-8(7)2)21(5-11(23)14(25)12(24)6-22)15-13(18-9)16(26)20-17(27)19-15/h3-4,11-12,14,22-25H,5-6H2,1-2H3,(H,20,26,27)/t11-,12+,14-/m1/s1/i1+1,2+1,3+1,4+1,7+1,8+1,9+1,10+1. The van der Waals surface area contributed by atoms with E-state index < -0.39 is 36.2 Å². The Morgan fingerprint density at radius 3 is 2.41 bits per heavy atom. The third kappa shape index (κ3) is 3.47. The summed E-state index contributed by atoms with van der Waals surface area (Å²) in [5, 5.41) is 38.8. The van der Waals surface area contributed by atoms with Crippen LogP contribution in [0.25, 0.3) is 22.6 Å². The highest BCUT2D eigenvalue weighted by atomic mass is 16.4. The molecule has 144 valence electrons. The van der Waals surface area contributed by atoms with Crippen molar-refractivity contribution in [2.24, 2.45) is 0 Å². The molecule has 2 heterocycles. The summed E-state index contributed by atoms with van der Waals surface area (Å²) in [6, 6.07) is 3.53. The zero-order valence-electron chi connectivity index (χ0n) is 14.7. The molecule has 2 aliphatic heterocycles. The minimum atomic E-state index is -1.64. The van der Waals surface area contributed by atoms with E-state index in [1.807, 2.05) is 13.8 Å². The normalized spacial score (nSPS) is 15.2. The van der Waals surface area contributed by atoms with Crippen LogP contribution in [0.3, 0.4) is 0 Å². The summed E-state index contributed by atoms with van der Waals surface area (Å²) in [5.74, 6) is -0.0516. The second-order valence-corrected chi connectivity index (χ2v) is 6.50. The molecule has 0 spiro atoms. The molecule has 0 radical (unpaired) electrons. The smallest absolute Gasteiger partial charge is 0.349 e. The van der Waals surface area contributed by atoms with Crippen LogP contribution in [0.1, 0.15) is 11.1 Å². The minimum absolute atomic E-state index is 0.0516. The van der Waals surface area contributed by atoms with Crippen molar-refractivity contribution in [3.63, 3.8) is 0 Å². The first-order valence-electron chi connectivity index (χ1n) is 8.29. The summed E-state index contributed by atoms with van der Waals surface area (Å²) in [5.41, 5.74) is 1.11. The third-order valence-electron chi connectivity index (χ3n) is 4.57. The summed E-state index contributed by atoms with van der Waals surface area (Å²) in [7, 11) is 0. The fourth-order valence-electron chi connectivity index (χ4n) is 2.89. The van der Waals surface area contributed by atoms with Gasteiger partial charge in [-0.3, -0.25) is 9.78 Å². The van der Waals surface area contributed by atoms with Crippen molar-refractivity contribution in [3.05, 3.63) is 44.1 Å². The van der Waals surface area contributed by atoms with Crippen LogP contribution in [0, 0.1) is 13.8 Å². The molecule has 0 amide bonds. The third-order valence-corrected chi connectivity index (χ3v) is 4.57. The molecule has 10 nitrogen and oxygen atoms in total. The number of hydrogen-bond acceptors (Lipinski definition) is 8. The first-order valence-corrected chi connectivity index (χ1v) is 8.29. The number of nitrogens with zero attached hydrogens (tertiary/aromatic N) is 3. The highest BCUT2D eigenvalue weighted by molar-refractivity contribution is 5.81. The molecule has 0 fully saturated rings. The van der Waals surface area contributed by atoms with Crippen LogP contribution in [0.4, 0.5) is 0 Å². The molecule has 0 aliphatic carbocycles. The van der Waals surface area contributed by atoms with Gasteiger partial charge in [0.1, 0.15) is 18.3 Å². The second kappa shape index (κ2) is 7.16. The summed E-state index contributed by atoms with van der Waals surface area (Å²) >= 11 is 0. The molecular weight excluding hydrogens is 364 g/mol. The highest BCUT2D eigenvalue weighted by Crippen LogP contribution is 2.24. The predicted octanol–water partition coefficient (Wildman–Crippen LogP) is -1.72. The number of aromatic nitrogens is 4. The maximum atomic E-state index is 12.2. The Morgan fingerprint density at radius 2 is 1.74 bits per heavy atom. The van der Waals surface area contributed by atoms with Crippen LogP contribution in [0.15, 0.2) is 21.7 Å². The Balaban J connectivity index is 2.28. The van der Waals surface area contributed by atoms with Gasteiger partial charge in [-0.1, -0.05) is 0 Å². The van der Waals surface area contributed by atoms with Gasteiger partial charge in [0.25, 0.3) is 5.56 Å². The zero-order valence-corrected chi connectivity index (χ0v) is 14.7. The Morgan fingerprint density at radius 1 is 1.07 bits per heavy atom. The molecule has 2 aliphatic rings. The molecule has 27 heavy (non-hydrogen) atoms. The van der Waals surface area contributed by atoms with Crippen LogP contribution < -0.4 is 11.2 Å². The SMILES string of the molecule is [13CH3][13c]1[13cH][13c]2nc3c(=O)[nH]c(=O)nc-3n(C[C@@H](O)[C@@H](O)[C@@H](O)CO)[13c]2[13cH][13c]1[13CH3]. The number of aryl methyl sites for hydroxylation is 2. The van der Waals surface area contributed by atoms with E-state index in [0.717, 1.165) is 11.1 Å². The van der Waals surface area contributed by atoms with Crippen molar-refractivity contribution in [2.45, 2.75) is 38.7 Å². The van der Waals surface area contributed by atoms with Gasteiger partial charge in [-0.15, -0.1) is 0 Å². The van der Waals surface area contributed by atoms with Gasteiger partial charge in [0, 0.05) is 0 Å². The first kappa shape index (κ1) is 19.1. The second-order valence-electron chi connectivity index (χ2n) is 6.50. The van der Waals surface area contributed by atoms with Crippen molar-refractivity contribution >= 4 is 11.0 Å². The lowest BCUT2D eigenvalue weighted by molar-refractivity contribution is -0.0802. The van der Waals surface area contributed by atoms with E-state index in [9.17, 15) is 24.9 Å². The highest BCUT2D eigenvalue weighted by Gasteiger charge is 2.27. The van der Waals surface area contributed by atoms with Gasteiger partial charge in [0.15, 0.2) is 11.5 Å². The lowest BCUT2D eigenvalue weighted by Crippen LogP contribution is -2.42. The van der Waals surface area contributed by atoms with E-state index in [4.69, 9.17) is 5.11 Å². The minimum Gasteiger partial charge on any atom is -0.394 e. The zero-order chi connectivity index (χ0) is 19.9. The molecule has 0 bridgehead atoms. The number of rotatable bonds is 5. The van der Waals surface area contributed by atoms with Crippen LogP contribution in [0.5, 0.6) is 0 Å². The summed E-state index contributed by atoms with van der Waals surface area (Å²) in [6.45, 7) is 2.73. The Bertz CT molecular complexity index is 1080. The molecule has 0 saturated heterocycles. The van der Waals surface area contributed by atoms with Gasteiger partial charge in [-0.25, -0.2) is 9.78 Å². The van der Waals surface area contributed by atoms with Crippen molar-refractivity contribution in [1.29, 1.82) is 0 Å². The van der Waals surface area contributed by atoms with Gasteiger partial charge >= 0.3 is 5.69 Å². The number of fused-ring (bicyclic) bond motifs is 2. The van der Waals surface area contributed by atoms with Crippen molar-refractivity contribution in [3.8, 4) is 11.5 Å². The molecule has 1 aromatic rings. The van der Waals surface area contributed by atoms with E-state index in [1.165, 1.54) is 4.57 Å². The van der Waals surface area contributed by atoms with Crippen molar-refractivity contribution in [1.82, 2.24) is 19.5 Å². The molecule has 3 rings (SSSR count). The number of H-pyrrole nitrogens is 1. The van der Waals surface area contributed by atoms with E-state index in [2.05, 4.69) is 15.0 Å².